The van der Waals surface area contributed by atoms with Gasteiger partial charge in [-0.15, -0.1) is 0 Å². The minimum absolute atomic E-state index is 0.0296. The smallest absolute Gasteiger partial charge is 0.240 e. The number of hydrogen-bond acceptors (Lipinski definition) is 5. The first-order chi connectivity index (χ1) is 9.49. The highest BCUT2D eigenvalue weighted by molar-refractivity contribution is 7.89. The van der Waals surface area contributed by atoms with Crippen molar-refractivity contribution in [2.75, 3.05) is 12.3 Å². The summed E-state index contributed by atoms with van der Waals surface area (Å²) in [6, 6.07) is 7.44. The Labute approximate surface area is 117 Å². The fourth-order valence-electron chi connectivity index (χ4n) is 1.66. The number of hydrogen-bond donors (Lipinski definition) is 3. The maximum atomic E-state index is 12.0. The van der Waals surface area contributed by atoms with Crippen LogP contribution in [-0.2, 0) is 16.4 Å². The molecular weight excluding hydrogens is 278 g/mol. The van der Waals surface area contributed by atoms with Crippen LogP contribution in [0.4, 0.5) is 5.69 Å². The van der Waals surface area contributed by atoms with Crippen LogP contribution in [0.15, 0.2) is 47.6 Å². The van der Waals surface area contributed by atoms with E-state index in [4.69, 9.17) is 5.73 Å². The third kappa shape index (κ3) is 3.46. The highest BCUT2D eigenvalue weighted by Crippen LogP contribution is 2.22. The van der Waals surface area contributed by atoms with Gasteiger partial charge in [0.2, 0.25) is 10.0 Å². The molecule has 2 aromatic rings. The lowest BCUT2D eigenvalue weighted by Crippen LogP contribution is -2.26. The molecule has 0 bridgehead atoms. The van der Waals surface area contributed by atoms with E-state index >= 15 is 0 Å². The number of rotatable bonds is 5. The molecule has 0 atom stereocenters. The van der Waals surface area contributed by atoms with Crippen LogP contribution in [0.25, 0.3) is 0 Å². The van der Waals surface area contributed by atoms with Crippen LogP contribution >= 0.6 is 0 Å². The molecule has 0 aliphatic rings. The van der Waals surface area contributed by atoms with Gasteiger partial charge in [0.25, 0.3) is 0 Å². The van der Waals surface area contributed by atoms with Gasteiger partial charge in [0.15, 0.2) is 0 Å². The second-order valence-electron chi connectivity index (χ2n) is 4.22. The lowest BCUT2D eigenvalue weighted by molar-refractivity contribution is 0.477. The summed E-state index contributed by atoms with van der Waals surface area (Å²) in [5.41, 5.74) is 6.51. The first-order valence-electron chi connectivity index (χ1n) is 5.96. The Morgan fingerprint density at radius 3 is 2.55 bits per heavy atom. The van der Waals surface area contributed by atoms with E-state index in [-0.39, 0.29) is 22.9 Å². The van der Waals surface area contributed by atoms with Gasteiger partial charge in [0.1, 0.15) is 5.75 Å². The summed E-state index contributed by atoms with van der Waals surface area (Å²) in [6.45, 7) is 0.271. The summed E-state index contributed by atoms with van der Waals surface area (Å²) < 4.78 is 26.5. The standard InChI is InChI=1S/C13H15N3O3S/c14-12-9-11(1-2-13(12)17)20(18,19)16-8-5-10-3-6-15-7-4-10/h1-4,6-7,9,16-17H,5,8,14H2. The Balaban J connectivity index is 2.02. The zero-order valence-corrected chi connectivity index (χ0v) is 11.5. The largest absolute Gasteiger partial charge is 0.506 e. The van der Waals surface area contributed by atoms with Gasteiger partial charge in [-0.1, -0.05) is 0 Å². The topological polar surface area (TPSA) is 105 Å². The van der Waals surface area contributed by atoms with Crippen LogP contribution in [0.3, 0.4) is 0 Å². The van der Waals surface area contributed by atoms with Crippen molar-refractivity contribution in [1.82, 2.24) is 9.71 Å². The Morgan fingerprint density at radius 1 is 1.20 bits per heavy atom. The summed E-state index contributed by atoms with van der Waals surface area (Å²) >= 11 is 0. The molecule has 0 amide bonds. The maximum Gasteiger partial charge on any atom is 0.240 e. The fourth-order valence-corrected chi connectivity index (χ4v) is 2.73. The second kappa shape index (κ2) is 5.89. The lowest BCUT2D eigenvalue weighted by Gasteiger charge is -2.08. The van der Waals surface area contributed by atoms with E-state index in [0.29, 0.717) is 6.42 Å². The van der Waals surface area contributed by atoms with Crippen molar-refractivity contribution in [3.63, 3.8) is 0 Å². The number of anilines is 1. The average Bonchev–Trinajstić information content (AvgIpc) is 2.43. The number of phenols is 1. The van der Waals surface area contributed by atoms with Gasteiger partial charge >= 0.3 is 0 Å². The summed E-state index contributed by atoms with van der Waals surface area (Å²) in [6.07, 6.45) is 3.88. The van der Waals surface area contributed by atoms with Crippen LogP contribution < -0.4 is 10.5 Å². The predicted octanol–water partition coefficient (Wildman–Crippen LogP) is 0.890. The third-order valence-corrected chi connectivity index (χ3v) is 4.22. The van der Waals surface area contributed by atoms with Crippen LogP contribution in [-0.4, -0.2) is 25.1 Å². The first-order valence-corrected chi connectivity index (χ1v) is 7.44. The number of nitrogens with zero attached hydrogens (tertiary/aromatic N) is 1. The van der Waals surface area contributed by atoms with E-state index in [1.54, 1.807) is 12.4 Å². The third-order valence-electron chi connectivity index (χ3n) is 2.76. The van der Waals surface area contributed by atoms with Gasteiger partial charge < -0.3 is 10.8 Å². The van der Waals surface area contributed by atoms with Crippen molar-refractivity contribution in [2.24, 2.45) is 0 Å². The molecule has 0 fully saturated rings. The molecule has 106 valence electrons. The average molecular weight is 293 g/mol. The zero-order valence-electron chi connectivity index (χ0n) is 10.7. The first kappa shape index (κ1) is 14.3. The molecule has 1 aromatic heterocycles. The van der Waals surface area contributed by atoms with E-state index in [9.17, 15) is 13.5 Å². The molecule has 6 nitrogen and oxygen atoms in total. The quantitative estimate of drug-likeness (QED) is 0.561. The fraction of sp³-hybridized carbons (Fsp3) is 0.154. The van der Waals surface area contributed by atoms with Crippen LogP contribution in [0.1, 0.15) is 5.56 Å². The van der Waals surface area contributed by atoms with E-state index in [0.717, 1.165) is 5.56 Å². The zero-order chi connectivity index (χ0) is 14.6. The van der Waals surface area contributed by atoms with Gasteiger partial charge in [-0.05, 0) is 42.3 Å². The number of phenolic OH excluding ortho intramolecular Hbond substituents is 1. The normalized spacial score (nSPS) is 11.4. The minimum atomic E-state index is -3.63. The van der Waals surface area contributed by atoms with Crippen molar-refractivity contribution in [3.8, 4) is 5.75 Å². The molecule has 0 aliphatic heterocycles. The summed E-state index contributed by atoms with van der Waals surface area (Å²) in [7, 11) is -3.63. The van der Waals surface area contributed by atoms with Crippen molar-refractivity contribution in [2.45, 2.75) is 11.3 Å². The van der Waals surface area contributed by atoms with Crippen LogP contribution in [0.5, 0.6) is 5.75 Å². The Kier molecular flexibility index (Phi) is 4.21. The van der Waals surface area contributed by atoms with Gasteiger partial charge in [-0.3, -0.25) is 4.98 Å². The van der Waals surface area contributed by atoms with E-state index in [2.05, 4.69) is 9.71 Å². The highest BCUT2D eigenvalue weighted by atomic mass is 32.2. The number of nitrogens with two attached hydrogens (primary N) is 1. The van der Waals surface area contributed by atoms with Crippen LogP contribution in [0.2, 0.25) is 0 Å². The number of nitrogens with one attached hydrogen (secondary N) is 1. The van der Waals surface area contributed by atoms with Crippen LogP contribution in [0, 0.1) is 0 Å². The van der Waals surface area contributed by atoms with E-state index < -0.39 is 10.0 Å². The highest BCUT2D eigenvalue weighted by Gasteiger charge is 2.14. The summed E-state index contributed by atoms with van der Waals surface area (Å²) in [5.74, 6) is -0.138. The van der Waals surface area contributed by atoms with Crippen molar-refractivity contribution in [3.05, 3.63) is 48.3 Å². The molecule has 7 heteroatoms. The number of pyridine rings is 1. The molecule has 1 aromatic carbocycles. The lowest BCUT2D eigenvalue weighted by atomic mass is 10.2. The molecule has 4 N–H and O–H groups in total. The van der Waals surface area contributed by atoms with Crippen molar-refractivity contribution < 1.29 is 13.5 Å². The molecule has 2 rings (SSSR count). The van der Waals surface area contributed by atoms with E-state index in [1.165, 1.54) is 18.2 Å². The molecule has 0 aliphatic carbocycles. The monoisotopic (exact) mass is 293 g/mol. The molecule has 0 unspecified atom stereocenters. The number of sulfonamides is 1. The van der Waals surface area contributed by atoms with Crippen molar-refractivity contribution in [1.29, 1.82) is 0 Å². The van der Waals surface area contributed by atoms with Gasteiger partial charge in [0.05, 0.1) is 10.6 Å². The molecule has 0 saturated carbocycles. The number of aromatic hydroxyl groups is 1. The summed E-state index contributed by atoms with van der Waals surface area (Å²) in [4.78, 5) is 3.92. The maximum absolute atomic E-state index is 12.0. The Hall–Kier alpha value is -2.12. The molecule has 1 heterocycles. The molecule has 0 spiro atoms. The Bertz CT molecular complexity index is 687. The molecule has 0 saturated heterocycles. The van der Waals surface area contributed by atoms with Gasteiger partial charge in [-0.25, -0.2) is 13.1 Å². The molecule has 20 heavy (non-hydrogen) atoms. The Morgan fingerprint density at radius 2 is 1.90 bits per heavy atom. The number of benzene rings is 1. The number of nitrogen functional groups attached to an aromatic ring is 1. The van der Waals surface area contributed by atoms with Gasteiger partial charge in [0, 0.05) is 18.9 Å². The predicted molar refractivity (Wildman–Crippen MR) is 75.6 cm³/mol. The SMILES string of the molecule is Nc1cc(S(=O)(=O)NCCc2ccncc2)ccc1O. The number of aromatic nitrogens is 1. The minimum Gasteiger partial charge on any atom is -0.506 e. The van der Waals surface area contributed by atoms with E-state index in [1.807, 2.05) is 12.1 Å². The second-order valence-corrected chi connectivity index (χ2v) is 5.99. The molecule has 0 radical (unpaired) electrons. The van der Waals surface area contributed by atoms with Gasteiger partial charge in [-0.2, -0.15) is 0 Å². The molecular formula is C13H15N3O3S. The van der Waals surface area contributed by atoms with Crippen molar-refractivity contribution >= 4 is 15.7 Å². The summed E-state index contributed by atoms with van der Waals surface area (Å²) in [5, 5.41) is 9.29.